The average Bonchev–Trinajstić information content (AvgIpc) is 2.11. The number of aromatic nitrogens is 3. The normalized spacial score (nSPS) is 12.1. The van der Waals surface area contributed by atoms with Crippen molar-refractivity contribution in [1.82, 2.24) is 15.0 Å². The van der Waals surface area contributed by atoms with Crippen molar-refractivity contribution in [3.05, 3.63) is 10.3 Å². The van der Waals surface area contributed by atoms with Crippen LogP contribution in [0.1, 0.15) is 26.5 Å². The van der Waals surface area contributed by atoms with Crippen LogP contribution < -0.4 is 0 Å². The predicted octanol–water partition coefficient (Wildman–Crippen LogP) is 2.10. The van der Waals surface area contributed by atoms with Crippen LogP contribution in [0.25, 0.3) is 0 Å². The minimum atomic E-state index is -0.0310. The highest BCUT2D eigenvalue weighted by molar-refractivity contribution is 9.10. The molecular weight excluding hydrogens is 206 g/mol. The van der Waals surface area contributed by atoms with Crippen LogP contribution in [0, 0.1) is 6.92 Å². The number of rotatable bonds is 0. The SMILES string of the molecule is Cc1nn(C(C)(C)C)nc1Br. The fraction of sp³-hybridized carbons (Fsp3) is 0.714. The van der Waals surface area contributed by atoms with E-state index in [9.17, 15) is 0 Å². The van der Waals surface area contributed by atoms with Crippen molar-refractivity contribution in [2.24, 2.45) is 0 Å². The molecule has 0 bridgehead atoms. The van der Waals surface area contributed by atoms with E-state index in [1.165, 1.54) is 0 Å². The highest BCUT2D eigenvalue weighted by atomic mass is 79.9. The zero-order chi connectivity index (χ0) is 8.65. The van der Waals surface area contributed by atoms with Crippen LogP contribution in [-0.2, 0) is 5.54 Å². The maximum Gasteiger partial charge on any atom is 0.151 e. The van der Waals surface area contributed by atoms with E-state index in [2.05, 4.69) is 46.9 Å². The van der Waals surface area contributed by atoms with Gasteiger partial charge in [0.2, 0.25) is 0 Å². The molecule has 0 unspecified atom stereocenters. The number of halogens is 1. The molecule has 0 saturated carbocycles. The van der Waals surface area contributed by atoms with Gasteiger partial charge in [0.05, 0.1) is 11.2 Å². The number of hydrogen-bond acceptors (Lipinski definition) is 2. The second kappa shape index (κ2) is 2.59. The molecular formula is C7H12BrN3. The molecule has 11 heavy (non-hydrogen) atoms. The summed E-state index contributed by atoms with van der Waals surface area (Å²) in [6.07, 6.45) is 0. The second-order valence-corrected chi connectivity index (χ2v) is 4.29. The first-order valence-corrected chi connectivity index (χ1v) is 4.30. The zero-order valence-electron chi connectivity index (χ0n) is 7.22. The molecule has 0 aliphatic carbocycles. The lowest BCUT2D eigenvalue weighted by Crippen LogP contribution is -2.24. The predicted molar refractivity (Wildman–Crippen MR) is 47.5 cm³/mol. The van der Waals surface area contributed by atoms with E-state index in [-0.39, 0.29) is 5.54 Å². The molecule has 0 radical (unpaired) electrons. The molecule has 0 N–H and O–H groups in total. The molecule has 0 amide bonds. The van der Waals surface area contributed by atoms with Crippen LogP contribution in [0.5, 0.6) is 0 Å². The van der Waals surface area contributed by atoms with Gasteiger partial charge in [-0.15, -0.1) is 5.10 Å². The van der Waals surface area contributed by atoms with Gasteiger partial charge in [0.1, 0.15) is 0 Å². The Bertz CT molecular complexity index is 240. The lowest BCUT2D eigenvalue weighted by molar-refractivity contribution is 0.310. The molecule has 0 atom stereocenters. The number of aryl methyl sites for hydroxylation is 1. The molecule has 0 spiro atoms. The molecule has 62 valence electrons. The van der Waals surface area contributed by atoms with E-state index < -0.39 is 0 Å². The largest absolute Gasteiger partial charge is 0.178 e. The van der Waals surface area contributed by atoms with E-state index in [1.807, 2.05) is 6.92 Å². The van der Waals surface area contributed by atoms with Crippen molar-refractivity contribution in [1.29, 1.82) is 0 Å². The van der Waals surface area contributed by atoms with Gasteiger partial charge in [0.15, 0.2) is 4.60 Å². The first kappa shape index (κ1) is 8.71. The van der Waals surface area contributed by atoms with Crippen molar-refractivity contribution < 1.29 is 0 Å². The first-order valence-electron chi connectivity index (χ1n) is 3.51. The third-order valence-electron chi connectivity index (χ3n) is 1.33. The summed E-state index contributed by atoms with van der Waals surface area (Å²) in [4.78, 5) is 1.71. The average molecular weight is 218 g/mol. The third kappa shape index (κ3) is 1.80. The van der Waals surface area contributed by atoms with Gasteiger partial charge in [0, 0.05) is 0 Å². The smallest absolute Gasteiger partial charge is 0.151 e. The maximum absolute atomic E-state index is 4.24. The zero-order valence-corrected chi connectivity index (χ0v) is 8.81. The molecule has 0 aliphatic heterocycles. The van der Waals surface area contributed by atoms with Crippen LogP contribution in [0.2, 0.25) is 0 Å². The van der Waals surface area contributed by atoms with Gasteiger partial charge >= 0.3 is 0 Å². The van der Waals surface area contributed by atoms with Crippen LogP contribution in [0.15, 0.2) is 4.60 Å². The first-order chi connectivity index (χ1) is 4.91. The minimum Gasteiger partial charge on any atom is -0.178 e. The van der Waals surface area contributed by atoms with Crippen molar-refractivity contribution in [3.63, 3.8) is 0 Å². The summed E-state index contributed by atoms with van der Waals surface area (Å²) < 4.78 is 0.826. The van der Waals surface area contributed by atoms with E-state index in [1.54, 1.807) is 4.80 Å². The molecule has 1 rings (SSSR count). The summed E-state index contributed by atoms with van der Waals surface area (Å²) >= 11 is 3.31. The Hall–Kier alpha value is -0.380. The van der Waals surface area contributed by atoms with Crippen molar-refractivity contribution in [2.45, 2.75) is 33.2 Å². The van der Waals surface area contributed by atoms with Crippen LogP contribution >= 0.6 is 15.9 Å². The van der Waals surface area contributed by atoms with Gasteiger partial charge in [-0.3, -0.25) is 0 Å². The van der Waals surface area contributed by atoms with Gasteiger partial charge in [-0.05, 0) is 43.6 Å². The monoisotopic (exact) mass is 217 g/mol. The Kier molecular flexibility index (Phi) is 2.05. The fourth-order valence-corrected chi connectivity index (χ4v) is 0.891. The van der Waals surface area contributed by atoms with E-state index in [0.717, 1.165) is 10.3 Å². The lowest BCUT2D eigenvalue weighted by Gasteiger charge is -2.16. The number of nitrogens with zero attached hydrogens (tertiary/aromatic N) is 3. The molecule has 0 aromatic carbocycles. The van der Waals surface area contributed by atoms with Crippen molar-refractivity contribution in [3.8, 4) is 0 Å². The Morgan fingerprint density at radius 2 is 1.82 bits per heavy atom. The van der Waals surface area contributed by atoms with Gasteiger partial charge in [0.25, 0.3) is 0 Å². The summed E-state index contributed by atoms with van der Waals surface area (Å²) in [5.74, 6) is 0. The van der Waals surface area contributed by atoms with Crippen molar-refractivity contribution in [2.75, 3.05) is 0 Å². The summed E-state index contributed by atoms with van der Waals surface area (Å²) in [5.41, 5.74) is 0.900. The van der Waals surface area contributed by atoms with Gasteiger partial charge < -0.3 is 0 Å². The summed E-state index contributed by atoms with van der Waals surface area (Å²) in [5, 5.41) is 8.44. The van der Waals surface area contributed by atoms with Gasteiger partial charge in [-0.2, -0.15) is 9.90 Å². The van der Waals surface area contributed by atoms with E-state index in [4.69, 9.17) is 0 Å². The van der Waals surface area contributed by atoms with Crippen LogP contribution in [-0.4, -0.2) is 15.0 Å². The third-order valence-corrected chi connectivity index (χ3v) is 2.06. The Morgan fingerprint density at radius 3 is 2.00 bits per heavy atom. The quantitative estimate of drug-likeness (QED) is 0.667. The maximum atomic E-state index is 4.24. The minimum absolute atomic E-state index is 0.0310. The fourth-order valence-electron chi connectivity index (χ4n) is 0.661. The molecule has 3 nitrogen and oxygen atoms in total. The standard InChI is InChI=1S/C7H12BrN3/c1-5-6(8)10-11(9-5)7(2,3)4/h1-4H3. The second-order valence-electron chi connectivity index (χ2n) is 3.54. The molecule has 0 fully saturated rings. The number of hydrogen-bond donors (Lipinski definition) is 0. The Balaban J connectivity index is 3.08. The topological polar surface area (TPSA) is 30.7 Å². The van der Waals surface area contributed by atoms with Crippen LogP contribution in [0.4, 0.5) is 0 Å². The molecule has 0 aliphatic rings. The highest BCUT2D eigenvalue weighted by Crippen LogP contribution is 2.15. The molecule has 1 heterocycles. The van der Waals surface area contributed by atoms with Crippen molar-refractivity contribution >= 4 is 15.9 Å². The molecule has 1 aromatic rings. The highest BCUT2D eigenvalue weighted by Gasteiger charge is 2.16. The summed E-state index contributed by atoms with van der Waals surface area (Å²) in [6, 6.07) is 0. The molecule has 1 aromatic heterocycles. The molecule has 0 saturated heterocycles. The summed E-state index contributed by atoms with van der Waals surface area (Å²) in [7, 11) is 0. The Labute approximate surface area is 74.9 Å². The molecule has 4 heteroatoms. The van der Waals surface area contributed by atoms with E-state index >= 15 is 0 Å². The van der Waals surface area contributed by atoms with E-state index in [0.29, 0.717) is 0 Å². The Morgan fingerprint density at radius 1 is 1.27 bits per heavy atom. The van der Waals surface area contributed by atoms with Gasteiger partial charge in [-0.25, -0.2) is 0 Å². The van der Waals surface area contributed by atoms with Crippen LogP contribution in [0.3, 0.4) is 0 Å². The summed E-state index contributed by atoms with van der Waals surface area (Å²) in [6.45, 7) is 8.13. The lowest BCUT2D eigenvalue weighted by atomic mass is 10.1. The van der Waals surface area contributed by atoms with Gasteiger partial charge in [-0.1, -0.05) is 0 Å².